The molecule has 4 heteroatoms. The largest absolute Gasteiger partial charge is 0.445 e. The molecule has 2 rings (SSSR count). The highest BCUT2D eigenvalue weighted by atomic mass is 16.5. The first-order valence-electron chi connectivity index (χ1n) is 5.52. The van der Waals surface area contributed by atoms with E-state index < -0.39 is 12.2 Å². The van der Waals surface area contributed by atoms with Gasteiger partial charge in [0, 0.05) is 6.42 Å². The van der Waals surface area contributed by atoms with Crippen molar-refractivity contribution in [2.24, 2.45) is 0 Å². The number of aliphatic hydroxyl groups is 1. The predicted octanol–water partition coefficient (Wildman–Crippen LogP) is 1.56. The Morgan fingerprint density at radius 2 is 2.35 bits per heavy atom. The van der Waals surface area contributed by atoms with Crippen LogP contribution < -0.4 is 5.32 Å². The van der Waals surface area contributed by atoms with Gasteiger partial charge in [0.1, 0.15) is 6.61 Å². The van der Waals surface area contributed by atoms with Crippen LogP contribution in [0.25, 0.3) is 0 Å². The lowest BCUT2D eigenvalue weighted by atomic mass is 10.1. The van der Waals surface area contributed by atoms with E-state index >= 15 is 0 Å². The Balaban J connectivity index is 2.06. The zero-order chi connectivity index (χ0) is 12.3. The summed E-state index contributed by atoms with van der Waals surface area (Å²) in [5.74, 6) is 0. The van der Waals surface area contributed by atoms with Crippen molar-refractivity contribution in [3.63, 3.8) is 0 Å². The van der Waals surface area contributed by atoms with Crippen molar-refractivity contribution in [2.75, 3.05) is 6.61 Å². The summed E-state index contributed by atoms with van der Waals surface area (Å²) in [7, 11) is 0. The first kappa shape index (κ1) is 11.7. The average molecular weight is 233 g/mol. The van der Waals surface area contributed by atoms with Gasteiger partial charge in [0.05, 0.1) is 12.1 Å². The van der Waals surface area contributed by atoms with Gasteiger partial charge in [0.2, 0.25) is 0 Å². The van der Waals surface area contributed by atoms with Gasteiger partial charge >= 0.3 is 6.09 Å². The van der Waals surface area contributed by atoms with Gasteiger partial charge in [-0.3, -0.25) is 0 Å². The molecule has 1 aliphatic rings. The van der Waals surface area contributed by atoms with Crippen molar-refractivity contribution in [1.29, 1.82) is 0 Å². The second kappa shape index (κ2) is 5.01. The number of alkyl carbamates (subject to hydrolysis) is 1. The van der Waals surface area contributed by atoms with Crippen LogP contribution in [0.3, 0.4) is 0 Å². The first-order valence-corrected chi connectivity index (χ1v) is 5.52. The molecule has 90 valence electrons. The molecule has 0 saturated heterocycles. The fourth-order valence-corrected chi connectivity index (χ4v) is 2.05. The number of benzene rings is 1. The summed E-state index contributed by atoms with van der Waals surface area (Å²) < 4.78 is 4.84. The summed E-state index contributed by atoms with van der Waals surface area (Å²) in [6.07, 6.45) is 0.926. The molecule has 4 nitrogen and oxygen atoms in total. The standard InChI is InChI=1S/C13H15NO3/c1-2-7-17-13(16)14-12-10-6-4-3-5-9(10)8-11(12)15/h2-6,11-12,15H,1,7-8H2,(H,14,16)/t11-,12+/m1/s1. The van der Waals surface area contributed by atoms with Crippen LogP contribution in [0.5, 0.6) is 0 Å². The summed E-state index contributed by atoms with van der Waals surface area (Å²) in [6.45, 7) is 3.62. The third-order valence-corrected chi connectivity index (χ3v) is 2.81. The quantitative estimate of drug-likeness (QED) is 0.779. The van der Waals surface area contributed by atoms with E-state index in [1.54, 1.807) is 0 Å². The van der Waals surface area contributed by atoms with Gasteiger partial charge in [-0.2, -0.15) is 0 Å². The highest BCUT2D eigenvalue weighted by Crippen LogP contribution is 2.31. The molecular weight excluding hydrogens is 218 g/mol. The molecule has 0 unspecified atom stereocenters. The van der Waals surface area contributed by atoms with E-state index in [-0.39, 0.29) is 12.6 Å². The minimum absolute atomic E-state index is 0.163. The van der Waals surface area contributed by atoms with Gasteiger partial charge in [-0.25, -0.2) is 4.79 Å². The Hall–Kier alpha value is -1.81. The molecule has 1 aromatic carbocycles. The predicted molar refractivity (Wildman–Crippen MR) is 63.6 cm³/mol. The van der Waals surface area contributed by atoms with E-state index in [4.69, 9.17) is 4.74 Å². The molecule has 0 heterocycles. The number of hydrogen-bond donors (Lipinski definition) is 2. The van der Waals surface area contributed by atoms with E-state index in [2.05, 4.69) is 11.9 Å². The Labute approximate surface area is 99.9 Å². The fraction of sp³-hybridized carbons (Fsp3) is 0.308. The lowest BCUT2D eigenvalue weighted by Gasteiger charge is -2.17. The van der Waals surface area contributed by atoms with Gasteiger partial charge in [-0.1, -0.05) is 36.9 Å². The molecule has 2 N–H and O–H groups in total. The minimum Gasteiger partial charge on any atom is -0.445 e. The summed E-state index contributed by atoms with van der Waals surface area (Å²) in [6, 6.07) is 7.28. The third kappa shape index (κ3) is 2.47. The first-order chi connectivity index (χ1) is 8.22. The number of ether oxygens (including phenoxy) is 1. The van der Waals surface area contributed by atoms with E-state index in [0.717, 1.165) is 11.1 Å². The van der Waals surface area contributed by atoms with Crippen LogP contribution in [0.2, 0.25) is 0 Å². The number of amides is 1. The molecule has 0 fully saturated rings. The lowest BCUT2D eigenvalue weighted by Crippen LogP contribution is -2.34. The second-order valence-electron chi connectivity index (χ2n) is 3.98. The van der Waals surface area contributed by atoms with Gasteiger partial charge in [-0.05, 0) is 11.1 Å². The van der Waals surface area contributed by atoms with Crippen LogP contribution >= 0.6 is 0 Å². The van der Waals surface area contributed by atoms with Gasteiger partial charge in [0.25, 0.3) is 0 Å². The van der Waals surface area contributed by atoms with Crippen molar-refractivity contribution < 1.29 is 14.6 Å². The van der Waals surface area contributed by atoms with Gasteiger partial charge in [0.15, 0.2) is 0 Å². The minimum atomic E-state index is -0.594. The topological polar surface area (TPSA) is 58.6 Å². The molecule has 0 aliphatic heterocycles. The SMILES string of the molecule is C=CCOC(=O)N[C@H]1c2ccccc2C[C@H]1O. The van der Waals surface area contributed by atoms with Gasteiger partial charge < -0.3 is 15.2 Å². The maximum atomic E-state index is 11.4. The number of aliphatic hydroxyl groups excluding tert-OH is 1. The van der Waals surface area contributed by atoms with E-state index in [0.29, 0.717) is 6.42 Å². The molecule has 1 amide bonds. The number of carbonyl (C=O) groups is 1. The van der Waals surface area contributed by atoms with Crippen molar-refractivity contribution in [3.8, 4) is 0 Å². The Bertz CT molecular complexity index is 430. The zero-order valence-electron chi connectivity index (χ0n) is 9.43. The summed E-state index contributed by atoms with van der Waals surface area (Å²) in [5, 5.41) is 12.6. The fourth-order valence-electron chi connectivity index (χ4n) is 2.05. The number of hydrogen-bond acceptors (Lipinski definition) is 3. The summed E-state index contributed by atoms with van der Waals surface area (Å²) in [5.41, 5.74) is 2.02. The maximum absolute atomic E-state index is 11.4. The average Bonchev–Trinajstić information content (AvgIpc) is 2.64. The Morgan fingerprint density at radius 3 is 3.12 bits per heavy atom. The molecule has 2 atom stereocenters. The molecule has 1 aromatic rings. The molecule has 0 radical (unpaired) electrons. The van der Waals surface area contributed by atoms with Gasteiger partial charge in [-0.15, -0.1) is 0 Å². The molecule has 0 bridgehead atoms. The summed E-state index contributed by atoms with van der Waals surface area (Å²) in [4.78, 5) is 11.4. The number of nitrogens with one attached hydrogen (secondary N) is 1. The molecule has 17 heavy (non-hydrogen) atoms. The summed E-state index contributed by atoms with van der Waals surface area (Å²) >= 11 is 0. The van der Waals surface area contributed by atoms with Crippen molar-refractivity contribution in [2.45, 2.75) is 18.6 Å². The normalized spacial score (nSPS) is 21.7. The zero-order valence-corrected chi connectivity index (χ0v) is 9.43. The van der Waals surface area contributed by atoms with Crippen molar-refractivity contribution in [1.82, 2.24) is 5.32 Å². The van der Waals surface area contributed by atoms with Crippen LogP contribution in [0.15, 0.2) is 36.9 Å². The highest BCUT2D eigenvalue weighted by Gasteiger charge is 2.32. The molecular formula is C13H15NO3. The molecule has 0 spiro atoms. The Kier molecular flexibility index (Phi) is 3.44. The van der Waals surface area contributed by atoms with Crippen LogP contribution in [-0.2, 0) is 11.2 Å². The third-order valence-electron chi connectivity index (χ3n) is 2.81. The van der Waals surface area contributed by atoms with Crippen LogP contribution in [0.4, 0.5) is 4.79 Å². The molecule has 0 aromatic heterocycles. The van der Waals surface area contributed by atoms with Crippen molar-refractivity contribution >= 4 is 6.09 Å². The number of rotatable bonds is 3. The molecule has 1 aliphatic carbocycles. The smallest absolute Gasteiger partial charge is 0.408 e. The number of carbonyl (C=O) groups excluding carboxylic acids is 1. The van der Waals surface area contributed by atoms with E-state index in [9.17, 15) is 9.90 Å². The Morgan fingerprint density at radius 1 is 1.59 bits per heavy atom. The molecule has 0 saturated carbocycles. The van der Waals surface area contributed by atoms with Crippen LogP contribution in [-0.4, -0.2) is 23.9 Å². The number of fused-ring (bicyclic) bond motifs is 1. The lowest BCUT2D eigenvalue weighted by molar-refractivity contribution is 0.118. The highest BCUT2D eigenvalue weighted by molar-refractivity contribution is 5.68. The monoisotopic (exact) mass is 233 g/mol. The van der Waals surface area contributed by atoms with Crippen LogP contribution in [0, 0.1) is 0 Å². The van der Waals surface area contributed by atoms with Crippen molar-refractivity contribution in [3.05, 3.63) is 48.0 Å². The second-order valence-corrected chi connectivity index (χ2v) is 3.98. The maximum Gasteiger partial charge on any atom is 0.408 e. The van der Waals surface area contributed by atoms with Crippen LogP contribution in [0.1, 0.15) is 17.2 Å². The van der Waals surface area contributed by atoms with E-state index in [1.807, 2.05) is 24.3 Å². The van der Waals surface area contributed by atoms with E-state index in [1.165, 1.54) is 6.08 Å².